The highest BCUT2D eigenvalue weighted by molar-refractivity contribution is 5.23. The lowest BCUT2D eigenvalue weighted by atomic mass is 10.3. The van der Waals surface area contributed by atoms with Crippen molar-refractivity contribution >= 4 is 0 Å². The second kappa shape index (κ2) is 4.78. The molecular weight excluding hydrogens is 233 g/mol. The molecule has 0 atom stereocenters. The zero-order chi connectivity index (χ0) is 12.4. The number of nitrogens with one attached hydrogen (secondary N) is 1. The van der Waals surface area contributed by atoms with E-state index >= 15 is 0 Å². The van der Waals surface area contributed by atoms with Gasteiger partial charge in [0.25, 0.3) is 0 Å². The fourth-order valence-electron chi connectivity index (χ4n) is 2.04. The first kappa shape index (κ1) is 11.2. The van der Waals surface area contributed by atoms with E-state index in [0.717, 1.165) is 25.3 Å². The smallest absolute Gasteiger partial charge is 0.132 e. The predicted molar refractivity (Wildman–Crippen MR) is 64.7 cm³/mol. The summed E-state index contributed by atoms with van der Waals surface area (Å²) in [6.07, 6.45) is 0. The molecule has 2 heterocycles. The summed E-state index contributed by atoms with van der Waals surface area (Å²) in [4.78, 5) is 0. The van der Waals surface area contributed by atoms with E-state index in [1.165, 1.54) is 17.8 Å². The number of ether oxygens (including phenoxy) is 1. The van der Waals surface area contributed by atoms with Crippen LogP contribution >= 0.6 is 0 Å². The van der Waals surface area contributed by atoms with Crippen LogP contribution in [0.15, 0.2) is 30.3 Å². The Labute approximate surface area is 104 Å². The van der Waals surface area contributed by atoms with Gasteiger partial charge in [-0.15, -0.1) is 0 Å². The van der Waals surface area contributed by atoms with Crippen LogP contribution in [0.4, 0.5) is 4.39 Å². The summed E-state index contributed by atoms with van der Waals surface area (Å²) in [5.74, 6) is 0.236. The summed E-state index contributed by atoms with van der Waals surface area (Å²) < 4.78 is 20.5. The van der Waals surface area contributed by atoms with Gasteiger partial charge in [-0.3, -0.25) is 4.68 Å². The van der Waals surface area contributed by atoms with Crippen LogP contribution in [0.5, 0.6) is 5.75 Å². The van der Waals surface area contributed by atoms with Crippen molar-refractivity contribution in [1.82, 2.24) is 15.1 Å². The quantitative estimate of drug-likeness (QED) is 0.897. The molecule has 0 spiro atoms. The normalized spacial score (nSPS) is 14.3. The molecule has 0 fully saturated rings. The zero-order valence-corrected chi connectivity index (χ0v) is 9.90. The maximum atomic E-state index is 13.0. The van der Waals surface area contributed by atoms with Crippen LogP contribution in [0.2, 0.25) is 0 Å². The first-order chi connectivity index (χ1) is 8.81. The van der Waals surface area contributed by atoms with Gasteiger partial charge in [0.1, 0.15) is 23.9 Å². The lowest BCUT2D eigenvalue weighted by Crippen LogP contribution is -2.28. The van der Waals surface area contributed by atoms with Crippen molar-refractivity contribution in [1.29, 1.82) is 0 Å². The fourth-order valence-corrected chi connectivity index (χ4v) is 2.04. The molecule has 0 amide bonds. The highest BCUT2D eigenvalue weighted by Crippen LogP contribution is 2.15. The molecule has 1 aliphatic heterocycles. The lowest BCUT2D eigenvalue weighted by molar-refractivity contribution is 0.297. The van der Waals surface area contributed by atoms with E-state index in [1.54, 1.807) is 12.1 Å². The molecule has 4 nitrogen and oxygen atoms in total. The van der Waals surface area contributed by atoms with Crippen LogP contribution in [0.25, 0.3) is 0 Å². The molecule has 18 heavy (non-hydrogen) atoms. The molecule has 0 bridgehead atoms. The molecule has 1 aromatic carbocycles. The van der Waals surface area contributed by atoms with E-state index in [1.807, 2.05) is 10.7 Å². The Morgan fingerprint density at radius 1 is 1.39 bits per heavy atom. The van der Waals surface area contributed by atoms with Crippen LogP contribution in [0.1, 0.15) is 11.4 Å². The predicted octanol–water partition coefficient (Wildman–Crippen LogP) is 1.70. The third-order valence-corrected chi connectivity index (χ3v) is 2.90. The Kier molecular flexibility index (Phi) is 2.98. The van der Waals surface area contributed by atoms with Crippen molar-refractivity contribution in [2.75, 3.05) is 6.54 Å². The highest BCUT2D eigenvalue weighted by Gasteiger charge is 2.11. The van der Waals surface area contributed by atoms with Gasteiger partial charge in [0.15, 0.2) is 0 Å². The number of hydrogen-bond acceptors (Lipinski definition) is 3. The largest absolute Gasteiger partial charge is 0.487 e. The molecule has 0 radical (unpaired) electrons. The molecule has 2 aromatic rings. The van der Waals surface area contributed by atoms with E-state index in [9.17, 15) is 4.39 Å². The molecule has 1 N–H and O–H groups in total. The second-order valence-electron chi connectivity index (χ2n) is 4.27. The van der Waals surface area contributed by atoms with Gasteiger partial charge in [0, 0.05) is 19.2 Å². The number of hydrogen-bond donors (Lipinski definition) is 1. The first-order valence-corrected chi connectivity index (χ1v) is 5.96. The molecule has 1 aliphatic rings. The van der Waals surface area contributed by atoms with Gasteiger partial charge in [-0.25, -0.2) is 4.39 Å². The maximum absolute atomic E-state index is 13.0. The third kappa shape index (κ3) is 2.36. The SMILES string of the molecule is Fc1cccc(OCc2cc3n(n2)CCNC3)c1. The Hall–Kier alpha value is -1.88. The van der Waals surface area contributed by atoms with Gasteiger partial charge in [0.05, 0.1) is 12.2 Å². The van der Waals surface area contributed by atoms with Crippen LogP contribution < -0.4 is 10.1 Å². The van der Waals surface area contributed by atoms with Crippen molar-refractivity contribution in [3.63, 3.8) is 0 Å². The number of nitrogens with zero attached hydrogens (tertiary/aromatic N) is 2. The van der Waals surface area contributed by atoms with E-state index in [0.29, 0.717) is 12.4 Å². The van der Waals surface area contributed by atoms with Crippen molar-refractivity contribution < 1.29 is 9.13 Å². The van der Waals surface area contributed by atoms with E-state index in [2.05, 4.69) is 10.4 Å². The molecule has 0 saturated heterocycles. The summed E-state index contributed by atoms with van der Waals surface area (Å²) in [5, 5.41) is 7.73. The van der Waals surface area contributed by atoms with Gasteiger partial charge in [0.2, 0.25) is 0 Å². The van der Waals surface area contributed by atoms with Gasteiger partial charge < -0.3 is 10.1 Å². The van der Waals surface area contributed by atoms with E-state index < -0.39 is 0 Å². The standard InChI is InChI=1S/C13H14FN3O/c14-10-2-1-3-13(6-10)18-9-11-7-12-8-15-4-5-17(12)16-11/h1-3,6-7,15H,4-5,8-9H2. The topological polar surface area (TPSA) is 39.1 Å². The van der Waals surface area contributed by atoms with E-state index in [-0.39, 0.29) is 5.82 Å². The van der Waals surface area contributed by atoms with E-state index in [4.69, 9.17) is 4.74 Å². The molecule has 0 saturated carbocycles. The van der Waals surface area contributed by atoms with Crippen LogP contribution in [0.3, 0.4) is 0 Å². The highest BCUT2D eigenvalue weighted by atomic mass is 19.1. The minimum atomic E-state index is -0.291. The summed E-state index contributed by atoms with van der Waals surface area (Å²) in [5.41, 5.74) is 2.04. The average Bonchev–Trinajstić information content (AvgIpc) is 2.79. The fraction of sp³-hybridized carbons (Fsp3) is 0.308. The minimum Gasteiger partial charge on any atom is -0.487 e. The van der Waals surface area contributed by atoms with Gasteiger partial charge in [-0.1, -0.05) is 6.07 Å². The second-order valence-corrected chi connectivity index (χ2v) is 4.27. The third-order valence-electron chi connectivity index (χ3n) is 2.90. The first-order valence-electron chi connectivity index (χ1n) is 5.96. The number of rotatable bonds is 3. The van der Waals surface area contributed by atoms with Crippen molar-refractivity contribution in [2.45, 2.75) is 19.7 Å². The maximum Gasteiger partial charge on any atom is 0.132 e. The Bertz CT molecular complexity index is 529. The molecule has 3 rings (SSSR count). The molecule has 94 valence electrons. The Balaban J connectivity index is 1.68. The number of halogens is 1. The zero-order valence-electron chi connectivity index (χ0n) is 9.90. The molecular formula is C13H14FN3O. The van der Waals surface area contributed by atoms with Crippen molar-refractivity contribution in [3.8, 4) is 5.75 Å². The van der Waals surface area contributed by atoms with Gasteiger partial charge in [-0.05, 0) is 18.2 Å². The minimum absolute atomic E-state index is 0.291. The van der Waals surface area contributed by atoms with Crippen LogP contribution in [-0.2, 0) is 19.7 Å². The Morgan fingerprint density at radius 2 is 2.33 bits per heavy atom. The summed E-state index contributed by atoms with van der Waals surface area (Å²) >= 11 is 0. The molecule has 5 heteroatoms. The molecule has 0 unspecified atom stereocenters. The average molecular weight is 247 g/mol. The van der Waals surface area contributed by atoms with Gasteiger partial charge >= 0.3 is 0 Å². The van der Waals surface area contributed by atoms with Gasteiger partial charge in [-0.2, -0.15) is 5.10 Å². The van der Waals surface area contributed by atoms with Crippen LogP contribution in [-0.4, -0.2) is 16.3 Å². The monoisotopic (exact) mass is 247 g/mol. The summed E-state index contributed by atoms with van der Waals surface area (Å²) in [6, 6.07) is 8.16. The molecule has 0 aliphatic carbocycles. The Morgan fingerprint density at radius 3 is 3.17 bits per heavy atom. The van der Waals surface area contributed by atoms with Crippen molar-refractivity contribution in [2.24, 2.45) is 0 Å². The lowest BCUT2D eigenvalue weighted by Gasteiger charge is -2.13. The summed E-state index contributed by atoms with van der Waals surface area (Å²) in [7, 11) is 0. The number of fused-ring (bicyclic) bond motifs is 1. The summed E-state index contributed by atoms with van der Waals surface area (Å²) in [6.45, 7) is 3.03. The number of benzene rings is 1. The molecule has 1 aromatic heterocycles. The van der Waals surface area contributed by atoms with Crippen molar-refractivity contribution in [3.05, 3.63) is 47.5 Å². The van der Waals surface area contributed by atoms with Crippen LogP contribution in [0, 0.1) is 5.82 Å². The number of aromatic nitrogens is 2.